The first kappa shape index (κ1) is 11.9. The summed E-state index contributed by atoms with van der Waals surface area (Å²) in [6, 6.07) is 10.0. The van der Waals surface area contributed by atoms with Crippen molar-refractivity contribution in [3.05, 3.63) is 47.1 Å². The van der Waals surface area contributed by atoms with Gasteiger partial charge in [-0.3, -0.25) is 4.57 Å². The van der Waals surface area contributed by atoms with Gasteiger partial charge in [-0.2, -0.15) is 0 Å². The van der Waals surface area contributed by atoms with Crippen molar-refractivity contribution in [3.63, 3.8) is 0 Å². The van der Waals surface area contributed by atoms with Crippen molar-refractivity contribution in [1.82, 2.24) is 14.8 Å². The molecule has 19 heavy (non-hydrogen) atoms. The quantitative estimate of drug-likeness (QED) is 0.778. The summed E-state index contributed by atoms with van der Waals surface area (Å²) >= 11 is 1.59. The van der Waals surface area contributed by atoms with Gasteiger partial charge in [0.25, 0.3) is 0 Å². The van der Waals surface area contributed by atoms with E-state index in [2.05, 4.69) is 24.0 Å². The molecule has 0 aliphatic carbocycles. The average Bonchev–Trinajstić information content (AvgIpc) is 2.97. The second-order valence-corrected chi connectivity index (χ2v) is 5.64. The highest BCUT2D eigenvalue weighted by Crippen LogP contribution is 2.37. The summed E-state index contributed by atoms with van der Waals surface area (Å²) in [6.45, 7) is 4.14. The molecule has 3 rings (SSSR count). The first-order chi connectivity index (χ1) is 9.18. The highest BCUT2D eigenvalue weighted by atomic mass is 32.1. The van der Waals surface area contributed by atoms with Crippen LogP contribution in [-0.4, -0.2) is 14.8 Å². The van der Waals surface area contributed by atoms with Gasteiger partial charge in [0.2, 0.25) is 0 Å². The normalized spacial score (nSPS) is 10.8. The van der Waals surface area contributed by atoms with Crippen LogP contribution < -0.4 is 5.73 Å². The summed E-state index contributed by atoms with van der Waals surface area (Å²) in [6.07, 6.45) is 1.72. The molecule has 0 aliphatic heterocycles. The van der Waals surface area contributed by atoms with E-state index >= 15 is 0 Å². The van der Waals surface area contributed by atoms with Crippen LogP contribution >= 0.6 is 11.3 Å². The van der Waals surface area contributed by atoms with E-state index in [4.69, 9.17) is 5.73 Å². The van der Waals surface area contributed by atoms with Gasteiger partial charge >= 0.3 is 0 Å². The summed E-state index contributed by atoms with van der Waals surface area (Å²) < 4.78 is 1.96. The molecule has 0 unspecified atom stereocenters. The monoisotopic (exact) mass is 270 g/mol. The minimum Gasteiger partial charge on any atom is -0.390 e. The predicted octanol–water partition coefficient (Wildman–Crippen LogP) is 3.19. The number of nitrogens with two attached hydrogens (primary N) is 1. The van der Waals surface area contributed by atoms with Crippen molar-refractivity contribution in [3.8, 4) is 17.1 Å². The lowest BCUT2D eigenvalue weighted by atomic mass is 10.1. The van der Waals surface area contributed by atoms with Gasteiger partial charge in [0.05, 0.1) is 10.6 Å². The molecule has 5 heteroatoms. The Bertz CT molecular complexity index is 712. The first-order valence-corrected chi connectivity index (χ1v) is 6.81. The maximum Gasteiger partial charge on any atom is 0.171 e. The van der Waals surface area contributed by atoms with Crippen LogP contribution in [0, 0.1) is 13.8 Å². The topological polar surface area (TPSA) is 56.7 Å². The van der Waals surface area contributed by atoms with Gasteiger partial charge in [0.1, 0.15) is 6.33 Å². The molecule has 0 amide bonds. The fraction of sp³-hybridized carbons (Fsp3) is 0.143. The molecule has 2 N–H and O–H groups in total. The Balaban J connectivity index is 2.21. The van der Waals surface area contributed by atoms with Crippen molar-refractivity contribution in [2.45, 2.75) is 13.8 Å². The third kappa shape index (κ3) is 1.92. The molecule has 0 spiro atoms. The van der Waals surface area contributed by atoms with E-state index in [-0.39, 0.29) is 0 Å². The van der Waals surface area contributed by atoms with Crippen LogP contribution in [0.15, 0.2) is 36.7 Å². The summed E-state index contributed by atoms with van der Waals surface area (Å²) in [7, 11) is 0. The van der Waals surface area contributed by atoms with Crippen LogP contribution in [0.1, 0.15) is 10.4 Å². The molecule has 96 valence electrons. The smallest absolute Gasteiger partial charge is 0.171 e. The lowest BCUT2D eigenvalue weighted by Gasteiger charge is -2.07. The molecule has 4 nitrogen and oxygen atoms in total. The molecule has 2 heterocycles. The van der Waals surface area contributed by atoms with Gasteiger partial charge in [-0.05, 0) is 31.5 Å². The third-order valence-electron chi connectivity index (χ3n) is 3.22. The Labute approximate surface area is 115 Å². The number of thiophene rings is 1. The zero-order chi connectivity index (χ0) is 13.4. The molecule has 1 aromatic carbocycles. The van der Waals surface area contributed by atoms with Crippen molar-refractivity contribution in [1.29, 1.82) is 0 Å². The standard InChI is InChI=1S/C14H14N4S/c1-9-10(2)19-13(15)12(9)14-17-16-8-18(14)11-6-4-3-5-7-11/h3-8H,15H2,1-2H3. The lowest BCUT2D eigenvalue weighted by molar-refractivity contribution is 1.06. The van der Waals surface area contributed by atoms with Crippen LogP contribution in [-0.2, 0) is 0 Å². The van der Waals surface area contributed by atoms with E-state index in [1.807, 2.05) is 34.9 Å². The molecule has 0 bridgehead atoms. The van der Waals surface area contributed by atoms with E-state index < -0.39 is 0 Å². The number of rotatable bonds is 2. The fourth-order valence-corrected chi connectivity index (χ4v) is 3.05. The zero-order valence-electron chi connectivity index (χ0n) is 10.8. The Morgan fingerprint density at radius 2 is 1.89 bits per heavy atom. The summed E-state index contributed by atoms with van der Waals surface area (Å²) in [5, 5.41) is 9.06. The Hall–Kier alpha value is -2.14. The minimum atomic E-state index is 0.792. The molecule has 0 saturated heterocycles. The first-order valence-electron chi connectivity index (χ1n) is 5.99. The molecular formula is C14H14N4S. The van der Waals surface area contributed by atoms with Crippen LogP contribution in [0.5, 0.6) is 0 Å². The average molecular weight is 270 g/mol. The maximum absolute atomic E-state index is 6.12. The van der Waals surface area contributed by atoms with Crippen LogP contribution in [0.4, 0.5) is 5.00 Å². The highest BCUT2D eigenvalue weighted by Gasteiger charge is 2.18. The predicted molar refractivity (Wildman–Crippen MR) is 78.6 cm³/mol. The van der Waals surface area contributed by atoms with Gasteiger partial charge in [-0.1, -0.05) is 18.2 Å². The number of hydrogen-bond donors (Lipinski definition) is 1. The van der Waals surface area contributed by atoms with E-state index in [0.29, 0.717) is 0 Å². The lowest BCUT2D eigenvalue weighted by Crippen LogP contribution is -1.98. The summed E-state index contributed by atoms with van der Waals surface area (Å²) in [4.78, 5) is 1.22. The van der Waals surface area contributed by atoms with Gasteiger partial charge in [0, 0.05) is 10.6 Å². The number of aryl methyl sites for hydroxylation is 1. The minimum absolute atomic E-state index is 0.792. The van der Waals surface area contributed by atoms with E-state index in [1.54, 1.807) is 17.7 Å². The van der Waals surface area contributed by atoms with Crippen molar-refractivity contribution in [2.24, 2.45) is 0 Å². The summed E-state index contributed by atoms with van der Waals surface area (Å²) in [5.74, 6) is 0.797. The molecular weight excluding hydrogens is 256 g/mol. The molecule has 2 aromatic heterocycles. The largest absolute Gasteiger partial charge is 0.390 e. The van der Waals surface area contributed by atoms with Gasteiger partial charge in [0.15, 0.2) is 5.82 Å². The number of benzene rings is 1. The molecule has 0 atom stereocenters. The molecule has 0 saturated carbocycles. The van der Waals surface area contributed by atoms with Crippen LogP contribution in [0.25, 0.3) is 17.1 Å². The number of para-hydroxylation sites is 1. The van der Waals surface area contributed by atoms with Crippen LogP contribution in [0.3, 0.4) is 0 Å². The van der Waals surface area contributed by atoms with E-state index in [1.165, 1.54) is 10.4 Å². The van der Waals surface area contributed by atoms with Gasteiger partial charge in [-0.15, -0.1) is 21.5 Å². The van der Waals surface area contributed by atoms with E-state index in [0.717, 1.165) is 22.1 Å². The second kappa shape index (κ2) is 4.51. The van der Waals surface area contributed by atoms with Crippen molar-refractivity contribution in [2.75, 3.05) is 5.73 Å². The Morgan fingerprint density at radius 1 is 1.16 bits per heavy atom. The summed E-state index contributed by atoms with van der Waals surface area (Å²) in [5.41, 5.74) is 9.31. The Morgan fingerprint density at radius 3 is 2.53 bits per heavy atom. The van der Waals surface area contributed by atoms with Crippen molar-refractivity contribution < 1.29 is 0 Å². The molecule has 0 aliphatic rings. The molecule has 3 aromatic rings. The number of nitrogens with zero attached hydrogens (tertiary/aromatic N) is 3. The second-order valence-electron chi connectivity index (χ2n) is 4.38. The van der Waals surface area contributed by atoms with Gasteiger partial charge < -0.3 is 5.73 Å². The number of nitrogen functional groups attached to an aromatic ring is 1. The van der Waals surface area contributed by atoms with Crippen molar-refractivity contribution >= 4 is 16.3 Å². The van der Waals surface area contributed by atoms with Gasteiger partial charge in [-0.25, -0.2) is 0 Å². The number of anilines is 1. The maximum atomic E-state index is 6.12. The highest BCUT2D eigenvalue weighted by molar-refractivity contribution is 7.16. The SMILES string of the molecule is Cc1sc(N)c(-c2nncn2-c2ccccc2)c1C. The zero-order valence-corrected chi connectivity index (χ0v) is 11.6. The number of aromatic nitrogens is 3. The molecule has 0 radical (unpaired) electrons. The Kier molecular flexibility index (Phi) is 2.83. The fourth-order valence-electron chi connectivity index (χ4n) is 2.11. The third-order valence-corrected chi connectivity index (χ3v) is 4.25. The molecule has 0 fully saturated rings. The number of hydrogen-bond acceptors (Lipinski definition) is 4. The van der Waals surface area contributed by atoms with Crippen LogP contribution in [0.2, 0.25) is 0 Å². The van der Waals surface area contributed by atoms with E-state index in [9.17, 15) is 0 Å².